The van der Waals surface area contributed by atoms with Gasteiger partial charge in [0.25, 0.3) is 10.0 Å². The number of anilines is 1. The minimum absolute atomic E-state index is 0.0621. The molecule has 0 amide bonds. The second-order valence-electron chi connectivity index (χ2n) is 4.85. The number of carbonyl (C=O) groups excluding carboxylic acids is 1. The second kappa shape index (κ2) is 5.42. The molecule has 0 saturated heterocycles. The number of carbonyl (C=O) groups is 1. The van der Waals surface area contributed by atoms with Crippen LogP contribution in [0.4, 0.5) is 5.69 Å². The van der Waals surface area contributed by atoms with Gasteiger partial charge in [0.1, 0.15) is 0 Å². The SMILES string of the molecule is COC(=O)c1cccc(S(=O)(=O)N2CCc3ccncc32)c1. The van der Waals surface area contributed by atoms with Gasteiger partial charge in [-0.05, 0) is 36.2 Å². The molecule has 0 saturated carbocycles. The molecule has 0 unspecified atom stereocenters. The van der Waals surface area contributed by atoms with E-state index in [1.165, 1.54) is 35.7 Å². The number of benzene rings is 1. The van der Waals surface area contributed by atoms with E-state index in [2.05, 4.69) is 9.72 Å². The summed E-state index contributed by atoms with van der Waals surface area (Å²) < 4.78 is 31.6. The van der Waals surface area contributed by atoms with Crippen LogP contribution < -0.4 is 4.31 Å². The zero-order valence-electron chi connectivity index (χ0n) is 11.9. The highest BCUT2D eigenvalue weighted by atomic mass is 32.2. The van der Waals surface area contributed by atoms with Crippen molar-refractivity contribution in [3.8, 4) is 0 Å². The summed E-state index contributed by atoms with van der Waals surface area (Å²) in [6.45, 7) is 0.367. The van der Waals surface area contributed by atoms with Gasteiger partial charge < -0.3 is 4.74 Å². The first-order chi connectivity index (χ1) is 10.5. The predicted octanol–water partition coefficient (Wildman–Crippen LogP) is 1.62. The number of fused-ring (bicyclic) bond motifs is 1. The van der Waals surface area contributed by atoms with Crippen LogP contribution in [0.2, 0.25) is 0 Å². The van der Waals surface area contributed by atoms with Crippen LogP contribution in [0, 0.1) is 0 Å². The van der Waals surface area contributed by atoms with Crippen molar-refractivity contribution >= 4 is 21.7 Å². The fraction of sp³-hybridized carbons (Fsp3) is 0.200. The van der Waals surface area contributed by atoms with Gasteiger partial charge in [0, 0.05) is 12.7 Å². The van der Waals surface area contributed by atoms with Gasteiger partial charge >= 0.3 is 5.97 Å². The molecule has 1 aromatic heterocycles. The molecular weight excluding hydrogens is 304 g/mol. The van der Waals surface area contributed by atoms with Gasteiger partial charge in [-0.1, -0.05) is 6.07 Å². The molecule has 1 aromatic carbocycles. The number of pyridine rings is 1. The summed E-state index contributed by atoms with van der Waals surface area (Å²) in [5.74, 6) is -0.569. The van der Waals surface area contributed by atoms with Gasteiger partial charge in [-0.15, -0.1) is 0 Å². The topological polar surface area (TPSA) is 76.6 Å². The van der Waals surface area contributed by atoms with E-state index < -0.39 is 16.0 Å². The highest BCUT2D eigenvalue weighted by Crippen LogP contribution is 2.32. The highest BCUT2D eigenvalue weighted by molar-refractivity contribution is 7.92. The van der Waals surface area contributed by atoms with Crippen LogP contribution in [0.5, 0.6) is 0 Å². The predicted molar refractivity (Wildman–Crippen MR) is 80.3 cm³/mol. The minimum Gasteiger partial charge on any atom is -0.465 e. The van der Waals surface area contributed by atoms with E-state index in [0.29, 0.717) is 18.7 Å². The number of hydrogen-bond donors (Lipinski definition) is 0. The molecule has 2 heterocycles. The number of nitrogens with zero attached hydrogens (tertiary/aromatic N) is 2. The lowest BCUT2D eigenvalue weighted by Crippen LogP contribution is -2.29. The van der Waals surface area contributed by atoms with E-state index in [-0.39, 0.29) is 10.5 Å². The first-order valence-electron chi connectivity index (χ1n) is 6.68. The zero-order chi connectivity index (χ0) is 15.7. The number of sulfonamides is 1. The van der Waals surface area contributed by atoms with Crippen molar-refractivity contribution in [3.05, 3.63) is 53.9 Å². The number of methoxy groups -OCH3 is 1. The number of ether oxygens (including phenoxy) is 1. The highest BCUT2D eigenvalue weighted by Gasteiger charge is 2.31. The molecule has 6 nitrogen and oxygen atoms in total. The van der Waals surface area contributed by atoms with Crippen molar-refractivity contribution in [2.24, 2.45) is 0 Å². The Morgan fingerprint density at radius 1 is 1.32 bits per heavy atom. The Balaban J connectivity index is 2.03. The van der Waals surface area contributed by atoms with Crippen molar-refractivity contribution in [1.82, 2.24) is 4.98 Å². The zero-order valence-corrected chi connectivity index (χ0v) is 12.7. The molecule has 1 aliphatic rings. The fourth-order valence-corrected chi connectivity index (χ4v) is 4.01. The lowest BCUT2D eigenvalue weighted by atomic mass is 10.2. The van der Waals surface area contributed by atoms with Crippen molar-refractivity contribution in [3.63, 3.8) is 0 Å². The van der Waals surface area contributed by atoms with Crippen LogP contribution in [0.1, 0.15) is 15.9 Å². The third-order valence-corrected chi connectivity index (χ3v) is 5.39. The Hall–Kier alpha value is -2.41. The molecule has 7 heteroatoms. The van der Waals surface area contributed by atoms with Gasteiger partial charge in [0.2, 0.25) is 0 Å². The molecule has 114 valence electrons. The average Bonchev–Trinajstić information content (AvgIpc) is 2.99. The normalized spacial score (nSPS) is 13.8. The van der Waals surface area contributed by atoms with Gasteiger partial charge in [-0.3, -0.25) is 9.29 Å². The van der Waals surface area contributed by atoms with Crippen molar-refractivity contribution < 1.29 is 17.9 Å². The molecule has 0 bridgehead atoms. The quantitative estimate of drug-likeness (QED) is 0.804. The molecule has 0 N–H and O–H groups in total. The lowest BCUT2D eigenvalue weighted by Gasteiger charge is -2.19. The maximum atomic E-state index is 12.8. The summed E-state index contributed by atoms with van der Waals surface area (Å²) in [4.78, 5) is 15.6. The molecule has 1 aliphatic heterocycles. The molecule has 2 aromatic rings. The van der Waals surface area contributed by atoms with E-state index in [1.807, 2.05) is 6.07 Å². The van der Waals surface area contributed by atoms with Crippen LogP contribution in [-0.2, 0) is 21.2 Å². The van der Waals surface area contributed by atoms with Crippen LogP contribution in [-0.4, -0.2) is 33.0 Å². The standard InChI is InChI=1S/C15H14N2O4S/c1-21-15(18)12-3-2-4-13(9-12)22(19,20)17-8-6-11-5-7-16-10-14(11)17/h2-5,7,9-10H,6,8H2,1H3. The third kappa shape index (κ3) is 2.33. The summed E-state index contributed by atoms with van der Waals surface area (Å²) in [6.07, 6.45) is 3.84. The smallest absolute Gasteiger partial charge is 0.337 e. The number of esters is 1. The van der Waals surface area contributed by atoms with Crippen LogP contribution in [0.3, 0.4) is 0 Å². The summed E-state index contributed by atoms with van der Waals surface area (Å²) in [5, 5.41) is 0. The monoisotopic (exact) mass is 318 g/mol. The largest absolute Gasteiger partial charge is 0.465 e. The number of aromatic nitrogens is 1. The fourth-order valence-electron chi connectivity index (χ4n) is 2.47. The van der Waals surface area contributed by atoms with Gasteiger partial charge in [0.05, 0.1) is 29.5 Å². The third-order valence-electron chi connectivity index (χ3n) is 3.58. The maximum absolute atomic E-state index is 12.8. The Kier molecular flexibility index (Phi) is 3.58. The van der Waals surface area contributed by atoms with E-state index in [0.717, 1.165) is 5.56 Å². The first kappa shape index (κ1) is 14.5. The molecule has 0 aliphatic carbocycles. The van der Waals surface area contributed by atoms with Crippen molar-refractivity contribution in [2.45, 2.75) is 11.3 Å². The molecule has 0 atom stereocenters. The number of hydrogen-bond acceptors (Lipinski definition) is 5. The summed E-state index contributed by atoms with van der Waals surface area (Å²) in [7, 11) is -2.47. The second-order valence-corrected chi connectivity index (χ2v) is 6.71. The van der Waals surface area contributed by atoms with E-state index in [1.54, 1.807) is 12.4 Å². The van der Waals surface area contributed by atoms with E-state index >= 15 is 0 Å². The molecule has 0 fully saturated rings. The lowest BCUT2D eigenvalue weighted by molar-refractivity contribution is 0.0600. The molecule has 22 heavy (non-hydrogen) atoms. The summed E-state index contributed by atoms with van der Waals surface area (Å²) in [5.41, 5.74) is 1.74. The first-order valence-corrected chi connectivity index (χ1v) is 8.12. The van der Waals surface area contributed by atoms with E-state index in [9.17, 15) is 13.2 Å². The van der Waals surface area contributed by atoms with Gasteiger partial charge in [-0.25, -0.2) is 13.2 Å². The summed E-state index contributed by atoms with van der Waals surface area (Å²) >= 11 is 0. The Morgan fingerprint density at radius 2 is 2.14 bits per heavy atom. The average molecular weight is 318 g/mol. The molecular formula is C15H14N2O4S. The van der Waals surface area contributed by atoms with Crippen LogP contribution in [0.15, 0.2) is 47.6 Å². The Morgan fingerprint density at radius 3 is 2.91 bits per heavy atom. The Bertz CT molecular complexity index is 833. The van der Waals surface area contributed by atoms with E-state index in [4.69, 9.17) is 0 Å². The minimum atomic E-state index is -3.73. The van der Waals surface area contributed by atoms with Crippen molar-refractivity contribution in [1.29, 1.82) is 0 Å². The van der Waals surface area contributed by atoms with Gasteiger partial charge in [0.15, 0.2) is 0 Å². The molecule has 3 rings (SSSR count). The van der Waals surface area contributed by atoms with Crippen LogP contribution >= 0.6 is 0 Å². The van der Waals surface area contributed by atoms with Gasteiger partial charge in [-0.2, -0.15) is 0 Å². The summed E-state index contributed by atoms with van der Waals surface area (Å²) in [6, 6.07) is 7.66. The number of rotatable bonds is 3. The molecule has 0 spiro atoms. The van der Waals surface area contributed by atoms with Crippen molar-refractivity contribution in [2.75, 3.05) is 18.0 Å². The van der Waals surface area contributed by atoms with Crippen LogP contribution in [0.25, 0.3) is 0 Å². The molecule has 0 radical (unpaired) electrons. The maximum Gasteiger partial charge on any atom is 0.337 e. The Labute approximate surface area is 128 Å².